The summed E-state index contributed by atoms with van der Waals surface area (Å²) in [6.45, 7) is 2.24. The number of carbonyl (C=O) groups excluding carboxylic acids is 1. The van der Waals surface area contributed by atoms with Crippen LogP contribution in [0.25, 0.3) is 0 Å². The number of benzene rings is 3. The SMILES string of the molecule is Cc1cc(Br)cc(OCc2ccccc2)c1C(=O)Oc1ccccc1. The number of hydrogen-bond donors (Lipinski definition) is 0. The summed E-state index contributed by atoms with van der Waals surface area (Å²) in [5.41, 5.74) is 2.25. The van der Waals surface area contributed by atoms with Crippen molar-refractivity contribution in [1.82, 2.24) is 0 Å². The number of carbonyl (C=O) groups is 1. The van der Waals surface area contributed by atoms with Crippen LogP contribution in [0.1, 0.15) is 21.5 Å². The van der Waals surface area contributed by atoms with Gasteiger partial charge in [-0.3, -0.25) is 0 Å². The van der Waals surface area contributed by atoms with Gasteiger partial charge in [-0.25, -0.2) is 4.79 Å². The van der Waals surface area contributed by atoms with Crippen LogP contribution in [-0.4, -0.2) is 5.97 Å². The molecule has 0 aromatic heterocycles. The second kappa shape index (κ2) is 7.99. The van der Waals surface area contributed by atoms with Crippen LogP contribution in [0.4, 0.5) is 0 Å². The molecule has 3 aromatic rings. The number of aryl methyl sites for hydroxylation is 1. The molecular weight excluding hydrogens is 380 g/mol. The number of halogens is 1. The third kappa shape index (κ3) is 4.48. The molecule has 0 atom stereocenters. The maximum atomic E-state index is 12.7. The Labute approximate surface area is 155 Å². The second-order valence-electron chi connectivity index (χ2n) is 5.57. The van der Waals surface area contributed by atoms with Gasteiger partial charge >= 0.3 is 5.97 Å². The zero-order chi connectivity index (χ0) is 17.6. The van der Waals surface area contributed by atoms with Crippen molar-refractivity contribution in [2.45, 2.75) is 13.5 Å². The summed E-state index contributed by atoms with van der Waals surface area (Å²) < 4.78 is 12.2. The van der Waals surface area contributed by atoms with Crippen LogP contribution in [-0.2, 0) is 6.61 Å². The lowest BCUT2D eigenvalue weighted by atomic mass is 10.1. The topological polar surface area (TPSA) is 35.5 Å². The van der Waals surface area contributed by atoms with Crippen molar-refractivity contribution in [3.8, 4) is 11.5 Å². The Kier molecular flexibility index (Phi) is 5.51. The molecule has 0 radical (unpaired) electrons. The van der Waals surface area contributed by atoms with Crippen molar-refractivity contribution in [2.75, 3.05) is 0 Å². The molecule has 25 heavy (non-hydrogen) atoms. The van der Waals surface area contributed by atoms with Crippen molar-refractivity contribution in [3.63, 3.8) is 0 Å². The molecule has 126 valence electrons. The molecule has 0 heterocycles. The number of para-hydroxylation sites is 1. The van der Waals surface area contributed by atoms with Gasteiger partial charge in [-0.2, -0.15) is 0 Å². The number of esters is 1. The van der Waals surface area contributed by atoms with E-state index in [0.29, 0.717) is 23.7 Å². The Hall–Kier alpha value is -2.59. The highest BCUT2D eigenvalue weighted by molar-refractivity contribution is 9.10. The lowest BCUT2D eigenvalue weighted by Crippen LogP contribution is -2.13. The molecule has 3 aromatic carbocycles. The summed E-state index contributed by atoms with van der Waals surface area (Å²) in [5, 5.41) is 0. The molecule has 0 spiro atoms. The first-order valence-corrected chi connectivity index (χ1v) is 8.67. The van der Waals surface area contributed by atoms with Gasteiger partial charge in [0.1, 0.15) is 23.7 Å². The summed E-state index contributed by atoms with van der Waals surface area (Å²) in [6.07, 6.45) is 0. The van der Waals surface area contributed by atoms with E-state index in [1.807, 2.05) is 61.5 Å². The highest BCUT2D eigenvalue weighted by atomic mass is 79.9. The molecule has 0 fully saturated rings. The van der Waals surface area contributed by atoms with E-state index in [0.717, 1.165) is 15.6 Å². The minimum atomic E-state index is -0.431. The van der Waals surface area contributed by atoms with E-state index in [2.05, 4.69) is 15.9 Å². The predicted octanol–water partition coefficient (Wildman–Crippen LogP) is 5.56. The van der Waals surface area contributed by atoms with Gasteiger partial charge < -0.3 is 9.47 Å². The highest BCUT2D eigenvalue weighted by Crippen LogP contribution is 2.29. The van der Waals surface area contributed by atoms with Crippen LogP contribution in [0, 0.1) is 6.92 Å². The van der Waals surface area contributed by atoms with E-state index >= 15 is 0 Å². The summed E-state index contributed by atoms with van der Waals surface area (Å²) in [6, 6.07) is 22.5. The molecule has 0 amide bonds. The number of rotatable bonds is 5. The van der Waals surface area contributed by atoms with Crippen LogP contribution in [0.3, 0.4) is 0 Å². The third-order valence-electron chi connectivity index (χ3n) is 3.66. The molecule has 0 aliphatic carbocycles. The van der Waals surface area contributed by atoms with Crippen molar-refractivity contribution >= 4 is 21.9 Å². The van der Waals surface area contributed by atoms with E-state index in [-0.39, 0.29) is 0 Å². The van der Waals surface area contributed by atoms with Gasteiger partial charge in [0.25, 0.3) is 0 Å². The monoisotopic (exact) mass is 396 g/mol. The van der Waals surface area contributed by atoms with Crippen LogP contribution < -0.4 is 9.47 Å². The van der Waals surface area contributed by atoms with Gasteiger partial charge in [0.15, 0.2) is 0 Å². The fraction of sp³-hybridized carbons (Fsp3) is 0.0952. The van der Waals surface area contributed by atoms with E-state index in [1.165, 1.54) is 0 Å². The normalized spacial score (nSPS) is 10.3. The number of ether oxygens (including phenoxy) is 2. The van der Waals surface area contributed by atoms with E-state index in [4.69, 9.17) is 9.47 Å². The third-order valence-corrected chi connectivity index (χ3v) is 4.12. The molecule has 3 nitrogen and oxygen atoms in total. The standard InChI is InChI=1S/C21H17BrO3/c1-15-12-17(22)13-19(24-14-16-8-4-2-5-9-16)20(15)21(23)25-18-10-6-3-7-11-18/h2-13H,14H2,1H3. The van der Waals surface area contributed by atoms with Gasteiger partial charge in [0.2, 0.25) is 0 Å². The molecule has 0 saturated carbocycles. The minimum Gasteiger partial charge on any atom is -0.488 e. The first-order chi connectivity index (χ1) is 12.1. The zero-order valence-corrected chi connectivity index (χ0v) is 15.3. The fourth-order valence-electron chi connectivity index (χ4n) is 2.47. The molecule has 0 unspecified atom stereocenters. The van der Waals surface area contributed by atoms with Crippen molar-refractivity contribution < 1.29 is 14.3 Å². The molecular formula is C21H17BrO3. The molecule has 3 rings (SSSR count). The van der Waals surface area contributed by atoms with Crippen LogP contribution in [0.15, 0.2) is 77.3 Å². The smallest absolute Gasteiger partial charge is 0.347 e. The highest BCUT2D eigenvalue weighted by Gasteiger charge is 2.19. The van der Waals surface area contributed by atoms with Gasteiger partial charge in [-0.15, -0.1) is 0 Å². The molecule has 0 saturated heterocycles. The molecule has 0 N–H and O–H groups in total. The van der Waals surface area contributed by atoms with Gasteiger partial charge in [-0.05, 0) is 42.3 Å². The summed E-state index contributed by atoms with van der Waals surface area (Å²) in [4.78, 5) is 12.7. The molecule has 0 aliphatic rings. The maximum absolute atomic E-state index is 12.7. The average Bonchev–Trinajstić information content (AvgIpc) is 2.61. The largest absolute Gasteiger partial charge is 0.488 e. The van der Waals surface area contributed by atoms with E-state index in [1.54, 1.807) is 18.2 Å². The quantitative estimate of drug-likeness (QED) is 0.418. The summed E-state index contributed by atoms with van der Waals surface area (Å²) in [7, 11) is 0. The lowest BCUT2D eigenvalue weighted by Gasteiger charge is -2.14. The summed E-state index contributed by atoms with van der Waals surface area (Å²) in [5.74, 6) is 0.569. The zero-order valence-electron chi connectivity index (χ0n) is 13.7. The first-order valence-electron chi connectivity index (χ1n) is 7.87. The predicted molar refractivity (Wildman–Crippen MR) is 101 cm³/mol. The Balaban J connectivity index is 1.85. The van der Waals surface area contributed by atoms with E-state index < -0.39 is 5.97 Å². The number of hydrogen-bond acceptors (Lipinski definition) is 3. The Morgan fingerprint density at radius 2 is 1.60 bits per heavy atom. The van der Waals surface area contributed by atoms with Crippen LogP contribution in [0.5, 0.6) is 11.5 Å². The second-order valence-corrected chi connectivity index (χ2v) is 6.49. The first kappa shape index (κ1) is 17.2. The Morgan fingerprint density at radius 3 is 2.28 bits per heavy atom. The Bertz CT molecular complexity index is 861. The average molecular weight is 397 g/mol. The molecule has 4 heteroatoms. The Morgan fingerprint density at radius 1 is 0.960 bits per heavy atom. The van der Waals surface area contributed by atoms with Gasteiger partial charge in [-0.1, -0.05) is 64.5 Å². The minimum absolute atomic E-state index is 0.377. The fourth-order valence-corrected chi connectivity index (χ4v) is 3.02. The lowest BCUT2D eigenvalue weighted by molar-refractivity contribution is 0.0729. The molecule has 0 bridgehead atoms. The van der Waals surface area contributed by atoms with Crippen molar-refractivity contribution in [1.29, 1.82) is 0 Å². The van der Waals surface area contributed by atoms with Crippen LogP contribution in [0.2, 0.25) is 0 Å². The van der Waals surface area contributed by atoms with Gasteiger partial charge in [0, 0.05) is 4.47 Å². The van der Waals surface area contributed by atoms with Crippen molar-refractivity contribution in [2.24, 2.45) is 0 Å². The van der Waals surface area contributed by atoms with Gasteiger partial charge in [0.05, 0.1) is 0 Å². The summed E-state index contributed by atoms with van der Waals surface area (Å²) >= 11 is 3.46. The van der Waals surface area contributed by atoms with E-state index in [9.17, 15) is 4.79 Å². The van der Waals surface area contributed by atoms with Crippen molar-refractivity contribution in [3.05, 3.63) is 94.0 Å². The van der Waals surface area contributed by atoms with Crippen LogP contribution >= 0.6 is 15.9 Å². The molecule has 0 aliphatic heterocycles. The maximum Gasteiger partial charge on any atom is 0.347 e.